The second-order valence-corrected chi connectivity index (χ2v) is 4.59. The van der Waals surface area contributed by atoms with Crippen molar-refractivity contribution in [2.24, 2.45) is 0 Å². The topological polar surface area (TPSA) is 77.0 Å². The first-order valence-corrected chi connectivity index (χ1v) is 6.34. The Kier molecular flexibility index (Phi) is 4.47. The van der Waals surface area contributed by atoms with Crippen molar-refractivity contribution in [3.8, 4) is 5.88 Å². The Labute approximate surface area is 121 Å². The summed E-state index contributed by atoms with van der Waals surface area (Å²) >= 11 is 5.62. The minimum absolute atomic E-state index is 0.0455. The van der Waals surface area contributed by atoms with Crippen LogP contribution in [0.1, 0.15) is 24.3 Å². The maximum absolute atomic E-state index is 12.0. The van der Waals surface area contributed by atoms with E-state index in [1.807, 2.05) is 13.8 Å². The number of carbonyl (C=O) groups excluding carboxylic acids is 1. The van der Waals surface area contributed by atoms with Crippen molar-refractivity contribution in [1.29, 1.82) is 0 Å². The lowest BCUT2D eigenvalue weighted by Gasteiger charge is -2.13. The lowest BCUT2D eigenvalue weighted by Crippen LogP contribution is -2.16. The average molecular weight is 293 g/mol. The summed E-state index contributed by atoms with van der Waals surface area (Å²) in [6.45, 7) is 3.76. The van der Waals surface area contributed by atoms with E-state index in [2.05, 4.69) is 20.3 Å². The monoisotopic (exact) mass is 292 g/mol. The molecule has 0 saturated heterocycles. The van der Waals surface area contributed by atoms with Crippen LogP contribution in [-0.2, 0) is 0 Å². The van der Waals surface area contributed by atoms with Crippen molar-refractivity contribution < 1.29 is 9.53 Å². The molecule has 0 unspecified atom stereocenters. The first-order chi connectivity index (χ1) is 9.56. The second-order valence-electron chi connectivity index (χ2n) is 4.20. The van der Waals surface area contributed by atoms with Crippen molar-refractivity contribution in [1.82, 2.24) is 15.0 Å². The van der Waals surface area contributed by atoms with Gasteiger partial charge in [-0.2, -0.15) is 0 Å². The predicted molar refractivity (Wildman–Crippen MR) is 75.0 cm³/mol. The highest BCUT2D eigenvalue weighted by atomic mass is 35.5. The molecule has 0 saturated carbocycles. The zero-order valence-corrected chi connectivity index (χ0v) is 11.8. The van der Waals surface area contributed by atoms with Crippen LogP contribution in [0.4, 0.5) is 5.69 Å². The molecule has 2 heterocycles. The highest BCUT2D eigenvalue weighted by Crippen LogP contribution is 2.22. The molecule has 0 aromatic carbocycles. The summed E-state index contributed by atoms with van der Waals surface area (Å²) < 4.78 is 5.52. The van der Waals surface area contributed by atoms with Crippen molar-refractivity contribution in [3.05, 3.63) is 41.6 Å². The fraction of sp³-hybridized carbons (Fsp3) is 0.231. The Morgan fingerprint density at radius 1 is 1.30 bits per heavy atom. The first kappa shape index (κ1) is 14.2. The Bertz CT molecular complexity index is 602. The highest BCUT2D eigenvalue weighted by molar-refractivity contribution is 6.29. The summed E-state index contributed by atoms with van der Waals surface area (Å²) in [6.07, 6.45) is 4.16. The number of nitrogens with zero attached hydrogens (tertiary/aromatic N) is 3. The zero-order chi connectivity index (χ0) is 14.5. The van der Waals surface area contributed by atoms with E-state index in [9.17, 15) is 4.79 Å². The van der Waals surface area contributed by atoms with E-state index in [0.29, 0.717) is 11.6 Å². The number of hydrogen-bond acceptors (Lipinski definition) is 5. The fourth-order valence-electron chi connectivity index (χ4n) is 1.42. The van der Waals surface area contributed by atoms with Gasteiger partial charge in [-0.3, -0.25) is 4.79 Å². The number of carbonyl (C=O) groups is 1. The predicted octanol–water partition coefficient (Wildman–Crippen LogP) is 2.56. The van der Waals surface area contributed by atoms with Crippen molar-refractivity contribution in [3.63, 3.8) is 0 Å². The molecule has 0 aliphatic carbocycles. The van der Waals surface area contributed by atoms with Crippen LogP contribution in [0, 0.1) is 0 Å². The van der Waals surface area contributed by atoms with Gasteiger partial charge in [0.15, 0.2) is 0 Å². The van der Waals surface area contributed by atoms with Gasteiger partial charge in [0.05, 0.1) is 18.5 Å². The number of hydrogen-bond donors (Lipinski definition) is 1. The van der Waals surface area contributed by atoms with E-state index in [1.54, 1.807) is 18.3 Å². The summed E-state index contributed by atoms with van der Waals surface area (Å²) in [6, 6.07) is 3.41. The van der Waals surface area contributed by atoms with E-state index in [-0.39, 0.29) is 17.0 Å². The van der Waals surface area contributed by atoms with Crippen LogP contribution in [0.5, 0.6) is 5.88 Å². The molecular formula is C13H13ClN4O2. The minimum atomic E-state index is -0.407. The van der Waals surface area contributed by atoms with Crippen molar-refractivity contribution >= 4 is 23.2 Å². The second kappa shape index (κ2) is 6.29. The molecule has 0 aliphatic heterocycles. The van der Waals surface area contributed by atoms with Crippen LogP contribution in [0.2, 0.25) is 5.15 Å². The number of pyridine rings is 1. The summed E-state index contributed by atoms with van der Waals surface area (Å²) in [4.78, 5) is 23.8. The molecule has 1 amide bonds. The van der Waals surface area contributed by atoms with Crippen LogP contribution >= 0.6 is 11.6 Å². The molecule has 1 N–H and O–H groups in total. The minimum Gasteiger partial charge on any atom is -0.473 e. The number of nitrogens with one attached hydrogen (secondary N) is 1. The SMILES string of the molecule is CC(C)Oc1ncccc1NC(=O)c1cnc(Cl)cn1. The number of anilines is 1. The number of amides is 1. The van der Waals surface area contributed by atoms with Gasteiger partial charge in [-0.05, 0) is 26.0 Å². The molecule has 0 atom stereocenters. The molecule has 0 fully saturated rings. The van der Waals surface area contributed by atoms with Gasteiger partial charge in [-0.25, -0.2) is 15.0 Å². The van der Waals surface area contributed by atoms with Crippen LogP contribution in [-0.4, -0.2) is 27.0 Å². The van der Waals surface area contributed by atoms with Gasteiger partial charge < -0.3 is 10.1 Å². The molecule has 7 heteroatoms. The van der Waals surface area contributed by atoms with Crippen LogP contribution in [0.25, 0.3) is 0 Å². The van der Waals surface area contributed by atoms with Crippen LogP contribution in [0.15, 0.2) is 30.7 Å². The third-order valence-electron chi connectivity index (χ3n) is 2.22. The number of aromatic nitrogens is 3. The van der Waals surface area contributed by atoms with Crippen LogP contribution < -0.4 is 10.1 Å². The Balaban J connectivity index is 2.17. The van der Waals surface area contributed by atoms with Gasteiger partial charge in [0.25, 0.3) is 5.91 Å². The zero-order valence-electron chi connectivity index (χ0n) is 11.0. The normalized spacial score (nSPS) is 10.4. The number of ether oxygens (including phenoxy) is 1. The standard InChI is InChI=1S/C13H13ClN4O2/c1-8(2)20-13-9(4-3-5-15-13)18-12(19)10-6-17-11(14)7-16-10/h3-8H,1-2H3,(H,18,19). The molecule has 2 aromatic rings. The summed E-state index contributed by atoms with van der Waals surface area (Å²) in [5, 5.41) is 2.91. The maximum atomic E-state index is 12.0. The Hall–Kier alpha value is -2.21. The molecular weight excluding hydrogens is 280 g/mol. The largest absolute Gasteiger partial charge is 0.473 e. The van der Waals surface area contributed by atoms with Gasteiger partial charge in [-0.1, -0.05) is 11.6 Å². The first-order valence-electron chi connectivity index (χ1n) is 5.97. The Morgan fingerprint density at radius 3 is 2.75 bits per heavy atom. The summed E-state index contributed by atoms with van der Waals surface area (Å²) in [5.41, 5.74) is 0.636. The van der Waals surface area contributed by atoms with E-state index < -0.39 is 5.91 Å². The molecule has 6 nitrogen and oxygen atoms in total. The van der Waals surface area contributed by atoms with Gasteiger partial charge in [-0.15, -0.1) is 0 Å². The third-order valence-corrected chi connectivity index (χ3v) is 2.41. The summed E-state index contributed by atoms with van der Waals surface area (Å²) in [5.74, 6) is -0.0476. The highest BCUT2D eigenvalue weighted by Gasteiger charge is 2.13. The quantitative estimate of drug-likeness (QED) is 0.937. The van der Waals surface area contributed by atoms with Crippen molar-refractivity contribution in [2.45, 2.75) is 20.0 Å². The molecule has 104 valence electrons. The Morgan fingerprint density at radius 2 is 2.10 bits per heavy atom. The van der Waals surface area contributed by atoms with Gasteiger partial charge >= 0.3 is 0 Å². The van der Waals surface area contributed by atoms with E-state index >= 15 is 0 Å². The van der Waals surface area contributed by atoms with Gasteiger partial charge in [0.2, 0.25) is 5.88 Å². The fourth-order valence-corrected chi connectivity index (χ4v) is 1.52. The molecule has 0 radical (unpaired) electrons. The van der Waals surface area contributed by atoms with Crippen molar-refractivity contribution in [2.75, 3.05) is 5.32 Å². The van der Waals surface area contributed by atoms with E-state index in [0.717, 1.165) is 0 Å². The molecule has 0 spiro atoms. The van der Waals surface area contributed by atoms with E-state index in [1.165, 1.54) is 12.4 Å². The smallest absolute Gasteiger partial charge is 0.276 e. The van der Waals surface area contributed by atoms with Crippen LogP contribution in [0.3, 0.4) is 0 Å². The average Bonchev–Trinajstić information content (AvgIpc) is 2.41. The molecule has 20 heavy (non-hydrogen) atoms. The maximum Gasteiger partial charge on any atom is 0.276 e. The lowest BCUT2D eigenvalue weighted by molar-refractivity contribution is 0.102. The third kappa shape index (κ3) is 3.64. The lowest BCUT2D eigenvalue weighted by atomic mass is 10.3. The molecule has 2 rings (SSSR count). The van der Waals surface area contributed by atoms with Gasteiger partial charge in [0, 0.05) is 6.20 Å². The number of halogens is 1. The number of rotatable bonds is 4. The summed E-state index contributed by atoms with van der Waals surface area (Å²) in [7, 11) is 0. The molecule has 2 aromatic heterocycles. The van der Waals surface area contributed by atoms with Gasteiger partial charge in [0.1, 0.15) is 16.5 Å². The van der Waals surface area contributed by atoms with E-state index in [4.69, 9.17) is 16.3 Å². The molecule has 0 bridgehead atoms. The molecule has 0 aliphatic rings.